The maximum Gasteiger partial charge on any atom is 0.255 e. The van der Waals surface area contributed by atoms with Crippen LogP contribution in [-0.4, -0.2) is 18.6 Å². The molecule has 2 rings (SSSR count). The predicted molar refractivity (Wildman–Crippen MR) is 95.5 cm³/mol. The molecule has 23 heavy (non-hydrogen) atoms. The van der Waals surface area contributed by atoms with Gasteiger partial charge in [-0.2, -0.15) is 0 Å². The van der Waals surface area contributed by atoms with Crippen molar-refractivity contribution in [2.45, 2.75) is 33.2 Å². The Morgan fingerprint density at radius 2 is 1.70 bits per heavy atom. The molecule has 2 N–H and O–H groups in total. The molecule has 0 aliphatic heterocycles. The molecule has 2 aromatic rings. The van der Waals surface area contributed by atoms with Crippen LogP contribution in [0.4, 0.5) is 11.4 Å². The second kappa shape index (κ2) is 6.73. The van der Waals surface area contributed by atoms with E-state index in [2.05, 4.69) is 31.4 Å². The average Bonchev–Trinajstić information content (AvgIpc) is 2.49. The van der Waals surface area contributed by atoms with Gasteiger partial charge in [0.05, 0.1) is 12.8 Å². The van der Waals surface area contributed by atoms with Crippen molar-refractivity contribution in [2.75, 3.05) is 17.7 Å². The van der Waals surface area contributed by atoms with Crippen LogP contribution >= 0.6 is 0 Å². The molecule has 0 unspecified atom stereocenters. The zero-order chi connectivity index (χ0) is 17.0. The van der Waals surface area contributed by atoms with Gasteiger partial charge in [-0.25, -0.2) is 0 Å². The second-order valence-electron chi connectivity index (χ2n) is 6.56. The molecule has 0 aromatic heterocycles. The van der Waals surface area contributed by atoms with Gasteiger partial charge in [-0.05, 0) is 51.5 Å². The monoisotopic (exact) mass is 312 g/mol. The Morgan fingerprint density at radius 1 is 1.04 bits per heavy atom. The van der Waals surface area contributed by atoms with Gasteiger partial charge in [-0.1, -0.05) is 18.2 Å². The number of amides is 1. The third-order valence-corrected chi connectivity index (χ3v) is 3.34. The van der Waals surface area contributed by atoms with Gasteiger partial charge in [0.15, 0.2) is 0 Å². The zero-order valence-corrected chi connectivity index (χ0v) is 14.4. The Bertz CT molecular complexity index is 689. The summed E-state index contributed by atoms with van der Waals surface area (Å²) in [5.74, 6) is 0.571. The van der Waals surface area contributed by atoms with Crippen molar-refractivity contribution in [3.05, 3.63) is 53.6 Å². The van der Waals surface area contributed by atoms with Crippen LogP contribution in [0.25, 0.3) is 0 Å². The van der Waals surface area contributed by atoms with Crippen LogP contribution in [0.2, 0.25) is 0 Å². The van der Waals surface area contributed by atoms with Crippen molar-refractivity contribution in [1.29, 1.82) is 0 Å². The van der Waals surface area contributed by atoms with Crippen LogP contribution in [-0.2, 0) is 0 Å². The van der Waals surface area contributed by atoms with E-state index in [1.807, 2.05) is 37.3 Å². The van der Waals surface area contributed by atoms with E-state index in [4.69, 9.17) is 4.74 Å². The molecule has 4 heteroatoms. The number of carbonyl (C=O) groups excluding carboxylic acids is 1. The Balaban J connectivity index is 2.28. The van der Waals surface area contributed by atoms with E-state index >= 15 is 0 Å². The fraction of sp³-hybridized carbons (Fsp3) is 0.316. The van der Waals surface area contributed by atoms with E-state index in [1.165, 1.54) is 0 Å². The molecular formula is C19H24N2O2. The number of hydrogen-bond acceptors (Lipinski definition) is 3. The number of aryl methyl sites for hydroxylation is 1. The molecule has 1 amide bonds. The van der Waals surface area contributed by atoms with E-state index in [0.717, 1.165) is 16.9 Å². The molecule has 0 aliphatic rings. The Kier molecular flexibility index (Phi) is 4.94. The lowest BCUT2D eigenvalue weighted by atomic mass is 10.1. The van der Waals surface area contributed by atoms with Crippen molar-refractivity contribution in [3.8, 4) is 5.75 Å². The highest BCUT2D eigenvalue weighted by Crippen LogP contribution is 2.33. The summed E-state index contributed by atoms with van der Waals surface area (Å²) in [7, 11) is 1.63. The molecule has 0 saturated carbocycles. The second-order valence-corrected chi connectivity index (χ2v) is 6.56. The van der Waals surface area contributed by atoms with Gasteiger partial charge in [0, 0.05) is 22.9 Å². The molecule has 0 aliphatic carbocycles. The number of nitrogens with one attached hydrogen (secondary N) is 2. The van der Waals surface area contributed by atoms with Crippen molar-refractivity contribution in [1.82, 2.24) is 0 Å². The minimum atomic E-state index is -0.132. The SMILES string of the molecule is COc1cc(NC(=O)c2ccccc2)c(C)cc1NC(C)(C)C. The van der Waals surface area contributed by atoms with E-state index in [-0.39, 0.29) is 11.4 Å². The zero-order valence-electron chi connectivity index (χ0n) is 14.4. The molecule has 4 nitrogen and oxygen atoms in total. The average molecular weight is 312 g/mol. The molecule has 0 spiro atoms. The smallest absolute Gasteiger partial charge is 0.255 e. The first kappa shape index (κ1) is 16.9. The van der Waals surface area contributed by atoms with Crippen LogP contribution in [0.1, 0.15) is 36.7 Å². The maximum absolute atomic E-state index is 12.3. The molecule has 2 aromatic carbocycles. The Labute approximate surface area is 137 Å². The summed E-state index contributed by atoms with van der Waals surface area (Å²) in [6.07, 6.45) is 0. The Morgan fingerprint density at radius 3 is 2.26 bits per heavy atom. The summed E-state index contributed by atoms with van der Waals surface area (Å²) in [6.45, 7) is 8.24. The molecule has 0 fully saturated rings. The highest BCUT2D eigenvalue weighted by molar-refractivity contribution is 6.04. The van der Waals surface area contributed by atoms with Gasteiger partial charge in [-0.15, -0.1) is 0 Å². The largest absolute Gasteiger partial charge is 0.495 e. The van der Waals surface area contributed by atoms with Gasteiger partial charge >= 0.3 is 0 Å². The summed E-state index contributed by atoms with van der Waals surface area (Å²) >= 11 is 0. The van der Waals surface area contributed by atoms with E-state index in [1.54, 1.807) is 19.2 Å². The number of rotatable bonds is 4. The predicted octanol–water partition coefficient (Wildman–Crippen LogP) is 4.47. The topological polar surface area (TPSA) is 50.4 Å². The summed E-state index contributed by atoms with van der Waals surface area (Å²) in [5.41, 5.74) is 3.18. The summed E-state index contributed by atoms with van der Waals surface area (Å²) in [4.78, 5) is 12.3. The number of carbonyl (C=O) groups is 1. The summed E-state index contributed by atoms with van der Waals surface area (Å²) in [5, 5.41) is 6.36. The quantitative estimate of drug-likeness (QED) is 0.876. The standard InChI is InChI=1S/C19H24N2O2/c1-13-11-16(21-19(2,3)4)17(23-5)12-15(13)20-18(22)14-9-7-6-8-10-14/h6-12,21H,1-5H3,(H,20,22). The Hall–Kier alpha value is -2.49. The van der Waals surface area contributed by atoms with Crippen LogP contribution in [0.15, 0.2) is 42.5 Å². The lowest BCUT2D eigenvalue weighted by Crippen LogP contribution is -2.26. The third kappa shape index (κ3) is 4.49. The van der Waals surface area contributed by atoms with Gasteiger partial charge in [0.2, 0.25) is 0 Å². The minimum absolute atomic E-state index is 0.0749. The van der Waals surface area contributed by atoms with Gasteiger partial charge in [-0.3, -0.25) is 4.79 Å². The van der Waals surface area contributed by atoms with Crippen LogP contribution in [0.5, 0.6) is 5.75 Å². The maximum atomic E-state index is 12.3. The van der Waals surface area contributed by atoms with Crippen LogP contribution < -0.4 is 15.4 Å². The van der Waals surface area contributed by atoms with Crippen LogP contribution in [0.3, 0.4) is 0 Å². The molecular weight excluding hydrogens is 288 g/mol. The lowest BCUT2D eigenvalue weighted by molar-refractivity contribution is 0.102. The number of benzene rings is 2. The first-order valence-corrected chi connectivity index (χ1v) is 7.63. The molecule has 0 radical (unpaired) electrons. The third-order valence-electron chi connectivity index (χ3n) is 3.34. The number of ether oxygens (including phenoxy) is 1. The van der Waals surface area contributed by atoms with E-state index in [0.29, 0.717) is 11.3 Å². The van der Waals surface area contributed by atoms with Crippen molar-refractivity contribution in [3.63, 3.8) is 0 Å². The normalized spacial score (nSPS) is 11.0. The molecule has 122 valence electrons. The molecule has 0 atom stereocenters. The number of methoxy groups -OCH3 is 1. The lowest BCUT2D eigenvalue weighted by Gasteiger charge is -2.24. The fourth-order valence-corrected chi connectivity index (χ4v) is 2.28. The van der Waals surface area contributed by atoms with Gasteiger partial charge in [0.1, 0.15) is 5.75 Å². The molecule has 0 saturated heterocycles. The van der Waals surface area contributed by atoms with Crippen molar-refractivity contribution in [2.24, 2.45) is 0 Å². The van der Waals surface area contributed by atoms with Crippen molar-refractivity contribution < 1.29 is 9.53 Å². The first-order chi connectivity index (χ1) is 10.8. The number of hydrogen-bond donors (Lipinski definition) is 2. The number of anilines is 2. The summed E-state index contributed by atoms with van der Waals surface area (Å²) in [6, 6.07) is 13.0. The minimum Gasteiger partial charge on any atom is -0.495 e. The fourth-order valence-electron chi connectivity index (χ4n) is 2.28. The first-order valence-electron chi connectivity index (χ1n) is 7.63. The highest BCUT2D eigenvalue weighted by atomic mass is 16.5. The van der Waals surface area contributed by atoms with E-state index < -0.39 is 0 Å². The van der Waals surface area contributed by atoms with Crippen molar-refractivity contribution >= 4 is 17.3 Å². The van der Waals surface area contributed by atoms with Crippen LogP contribution in [0, 0.1) is 6.92 Å². The summed E-state index contributed by atoms with van der Waals surface area (Å²) < 4.78 is 5.46. The van der Waals surface area contributed by atoms with Gasteiger partial charge in [0.25, 0.3) is 5.91 Å². The molecule has 0 heterocycles. The molecule has 0 bridgehead atoms. The highest BCUT2D eigenvalue weighted by Gasteiger charge is 2.16. The van der Waals surface area contributed by atoms with Gasteiger partial charge < -0.3 is 15.4 Å². The van der Waals surface area contributed by atoms with E-state index in [9.17, 15) is 4.79 Å².